The number of hydrogen-bond donors (Lipinski definition) is 1. The molecule has 0 saturated carbocycles. The second-order valence-corrected chi connectivity index (χ2v) is 6.48. The Labute approximate surface area is 136 Å². The van der Waals surface area contributed by atoms with Crippen molar-refractivity contribution in [3.05, 3.63) is 35.3 Å². The van der Waals surface area contributed by atoms with Gasteiger partial charge in [0.15, 0.2) is 0 Å². The van der Waals surface area contributed by atoms with E-state index in [0.29, 0.717) is 12.6 Å². The van der Waals surface area contributed by atoms with Gasteiger partial charge in [-0.1, -0.05) is 0 Å². The standard InChI is InChI=1S/C17H23N3OS/c1-3-21-16-6-4-14(5-7-16)17-19-15(12-22-17)11-20-9-8-18-10-13(20)2/h4-7,12-13,18H,3,8-11H2,1-2H3/t13-/m0/s1. The van der Waals surface area contributed by atoms with Gasteiger partial charge in [0.25, 0.3) is 0 Å². The largest absolute Gasteiger partial charge is 0.494 e. The van der Waals surface area contributed by atoms with Gasteiger partial charge in [-0.25, -0.2) is 4.98 Å². The van der Waals surface area contributed by atoms with Crippen molar-refractivity contribution in [1.82, 2.24) is 15.2 Å². The topological polar surface area (TPSA) is 37.4 Å². The van der Waals surface area contributed by atoms with Gasteiger partial charge in [0.05, 0.1) is 12.3 Å². The fourth-order valence-corrected chi connectivity index (χ4v) is 3.52. The van der Waals surface area contributed by atoms with Crippen molar-refractivity contribution in [2.75, 3.05) is 26.2 Å². The summed E-state index contributed by atoms with van der Waals surface area (Å²) in [6.45, 7) is 9.14. The van der Waals surface area contributed by atoms with Crippen molar-refractivity contribution in [2.24, 2.45) is 0 Å². The van der Waals surface area contributed by atoms with Gasteiger partial charge < -0.3 is 10.1 Å². The Kier molecular flexibility index (Phi) is 5.08. The minimum atomic E-state index is 0.573. The van der Waals surface area contributed by atoms with Gasteiger partial charge in [-0.3, -0.25) is 4.90 Å². The molecule has 0 aliphatic carbocycles. The van der Waals surface area contributed by atoms with Crippen LogP contribution in [0, 0.1) is 0 Å². The fraction of sp³-hybridized carbons (Fsp3) is 0.471. The van der Waals surface area contributed by atoms with Crippen molar-refractivity contribution < 1.29 is 4.74 Å². The number of piperazine rings is 1. The molecule has 5 heteroatoms. The molecule has 0 unspecified atom stereocenters. The van der Waals surface area contributed by atoms with Crippen molar-refractivity contribution in [3.8, 4) is 16.3 Å². The zero-order chi connectivity index (χ0) is 15.4. The first kappa shape index (κ1) is 15.5. The number of rotatable bonds is 5. The second kappa shape index (κ2) is 7.22. The molecular weight excluding hydrogens is 294 g/mol. The quantitative estimate of drug-likeness (QED) is 0.920. The summed E-state index contributed by atoms with van der Waals surface area (Å²) in [5.41, 5.74) is 2.33. The first-order valence-electron chi connectivity index (χ1n) is 7.88. The summed E-state index contributed by atoms with van der Waals surface area (Å²) >= 11 is 1.72. The minimum absolute atomic E-state index is 0.573. The Morgan fingerprint density at radius 3 is 2.91 bits per heavy atom. The van der Waals surface area contributed by atoms with E-state index in [1.165, 1.54) is 5.69 Å². The highest BCUT2D eigenvalue weighted by Crippen LogP contribution is 2.26. The van der Waals surface area contributed by atoms with E-state index in [-0.39, 0.29) is 0 Å². The second-order valence-electron chi connectivity index (χ2n) is 5.63. The van der Waals surface area contributed by atoms with E-state index in [0.717, 1.165) is 42.5 Å². The van der Waals surface area contributed by atoms with Crippen LogP contribution in [0.3, 0.4) is 0 Å². The Balaban J connectivity index is 1.67. The van der Waals surface area contributed by atoms with Crippen LogP contribution in [-0.4, -0.2) is 42.2 Å². The highest BCUT2D eigenvalue weighted by molar-refractivity contribution is 7.13. The number of nitrogens with zero attached hydrogens (tertiary/aromatic N) is 2. The SMILES string of the molecule is CCOc1ccc(-c2nc(CN3CCNC[C@@H]3C)cs2)cc1. The van der Waals surface area contributed by atoms with Crippen LogP contribution in [0.2, 0.25) is 0 Å². The first-order valence-corrected chi connectivity index (χ1v) is 8.76. The molecule has 118 valence electrons. The molecule has 3 rings (SSSR count). The monoisotopic (exact) mass is 317 g/mol. The molecule has 1 aromatic heterocycles. The molecule has 1 aliphatic rings. The Morgan fingerprint density at radius 2 is 2.18 bits per heavy atom. The zero-order valence-electron chi connectivity index (χ0n) is 13.2. The van der Waals surface area contributed by atoms with Crippen molar-refractivity contribution in [2.45, 2.75) is 26.4 Å². The third-order valence-corrected chi connectivity index (χ3v) is 4.91. The molecule has 0 amide bonds. The maximum Gasteiger partial charge on any atom is 0.123 e. The summed E-state index contributed by atoms with van der Waals surface area (Å²) in [6.07, 6.45) is 0. The number of benzene rings is 1. The average molecular weight is 317 g/mol. The van der Waals surface area contributed by atoms with Crippen LogP contribution >= 0.6 is 11.3 Å². The zero-order valence-corrected chi connectivity index (χ0v) is 14.0. The Morgan fingerprint density at radius 1 is 1.36 bits per heavy atom. The maximum atomic E-state index is 5.48. The van der Waals surface area contributed by atoms with Crippen LogP contribution in [0.15, 0.2) is 29.6 Å². The summed E-state index contributed by atoms with van der Waals surface area (Å²) in [7, 11) is 0. The molecule has 1 aliphatic heterocycles. The predicted molar refractivity (Wildman–Crippen MR) is 91.5 cm³/mol. The Hall–Kier alpha value is -1.43. The van der Waals surface area contributed by atoms with E-state index in [1.807, 2.05) is 19.1 Å². The molecule has 1 fully saturated rings. The first-order chi connectivity index (χ1) is 10.8. The predicted octanol–water partition coefficient (Wildman–Crippen LogP) is 3.00. The molecule has 0 radical (unpaired) electrons. The summed E-state index contributed by atoms with van der Waals surface area (Å²) in [5.74, 6) is 0.915. The molecule has 1 atom stereocenters. The van der Waals surface area contributed by atoms with Crippen LogP contribution < -0.4 is 10.1 Å². The lowest BCUT2D eigenvalue weighted by atomic mass is 10.2. The number of nitrogens with one attached hydrogen (secondary N) is 1. The smallest absolute Gasteiger partial charge is 0.123 e. The molecule has 0 bridgehead atoms. The molecule has 1 N–H and O–H groups in total. The van der Waals surface area contributed by atoms with Gasteiger partial charge in [-0.05, 0) is 38.1 Å². The van der Waals surface area contributed by atoms with Crippen LogP contribution in [-0.2, 0) is 6.54 Å². The Bertz CT molecular complexity index is 596. The molecule has 2 aromatic rings. The van der Waals surface area contributed by atoms with E-state index in [9.17, 15) is 0 Å². The summed E-state index contributed by atoms with van der Waals surface area (Å²) in [4.78, 5) is 7.29. The van der Waals surface area contributed by atoms with E-state index >= 15 is 0 Å². The highest BCUT2D eigenvalue weighted by Gasteiger charge is 2.19. The number of aromatic nitrogens is 1. The summed E-state index contributed by atoms with van der Waals surface area (Å²) in [6, 6.07) is 8.77. The van der Waals surface area contributed by atoms with Crippen molar-refractivity contribution >= 4 is 11.3 Å². The van der Waals surface area contributed by atoms with Gasteiger partial charge in [0, 0.05) is 43.2 Å². The van der Waals surface area contributed by atoms with Crippen LogP contribution in [0.1, 0.15) is 19.5 Å². The lowest BCUT2D eigenvalue weighted by Crippen LogP contribution is -2.49. The van der Waals surface area contributed by atoms with E-state index in [1.54, 1.807) is 11.3 Å². The van der Waals surface area contributed by atoms with Crippen molar-refractivity contribution in [3.63, 3.8) is 0 Å². The number of ether oxygens (including phenoxy) is 1. The van der Waals surface area contributed by atoms with Crippen LogP contribution in [0.5, 0.6) is 5.75 Å². The minimum Gasteiger partial charge on any atom is -0.494 e. The van der Waals surface area contributed by atoms with Crippen molar-refractivity contribution in [1.29, 1.82) is 0 Å². The summed E-state index contributed by atoms with van der Waals surface area (Å²) in [5, 5.41) is 6.69. The summed E-state index contributed by atoms with van der Waals surface area (Å²) < 4.78 is 5.48. The molecule has 2 heterocycles. The van der Waals surface area contributed by atoms with Gasteiger partial charge >= 0.3 is 0 Å². The highest BCUT2D eigenvalue weighted by atomic mass is 32.1. The van der Waals surface area contributed by atoms with E-state index in [2.05, 4.69) is 34.7 Å². The van der Waals surface area contributed by atoms with Gasteiger partial charge in [0.1, 0.15) is 10.8 Å². The van der Waals surface area contributed by atoms with E-state index < -0.39 is 0 Å². The van der Waals surface area contributed by atoms with Crippen LogP contribution in [0.4, 0.5) is 0 Å². The maximum absolute atomic E-state index is 5.48. The molecule has 1 aromatic carbocycles. The molecule has 22 heavy (non-hydrogen) atoms. The fourth-order valence-electron chi connectivity index (χ4n) is 2.70. The number of thiazole rings is 1. The normalized spacial score (nSPS) is 19.3. The average Bonchev–Trinajstić information content (AvgIpc) is 2.99. The number of hydrogen-bond acceptors (Lipinski definition) is 5. The van der Waals surface area contributed by atoms with Gasteiger partial charge in [-0.2, -0.15) is 0 Å². The van der Waals surface area contributed by atoms with E-state index in [4.69, 9.17) is 9.72 Å². The van der Waals surface area contributed by atoms with Crippen LogP contribution in [0.25, 0.3) is 10.6 Å². The van der Waals surface area contributed by atoms with Gasteiger partial charge in [0.2, 0.25) is 0 Å². The lowest BCUT2D eigenvalue weighted by molar-refractivity contribution is 0.164. The molecule has 0 spiro atoms. The van der Waals surface area contributed by atoms with Gasteiger partial charge in [-0.15, -0.1) is 11.3 Å². The third kappa shape index (κ3) is 3.66. The lowest BCUT2D eigenvalue weighted by Gasteiger charge is -2.33. The molecular formula is C17H23N3OS. The molecule has 4 nitrogen and oxygen atoms in total. The third-order valence-electron chi connectivity index (χ3n) is 3.97. The molecule has 1 saturated heterocycles.